The number of aliphatic hydroxyl groups excluding tert-OH is 1. The first-order chi connectivity index (χ1) is 10.6. The van der Waals surface area contributed by atoms with E-state index in [2.05, 4.69) is 10.6 Å². The Balaban J connectivity index is 1.80. The standard InChI is InChI=1S/C16H20N2O3S/c1-2-17-15(20)7-8-16(21)18-10-12(19)14-9-11-5-3-4-6-13(11)22-14/h3-6,9,12,19H,2,7-8,10H2,1H3,(H,17,20)(H,18,21). The summed E-state index contributed by atoms with van der Waals surface area (Å²) in [6, 6.07) is 9.84. The number of thiophene rings is 1. The van der Waals surface area contributed by atoms with Gasteiger partial charge in [0.1, 0.15) is 6.10 Å². The summed E-state index contributed by atoms with van der Waals surface area (Å²) in [7, 11) is 0. The fourth-order valence-electron chi connectivity index (χ4n) is 2.08. The molecule has 2 amide bonds. The molecule has 118 valence electrons. The van der Waals surface area contributed by atoms with Crippen LogP contribution in [0.3, 0.4) is 0 Å². The molecular formula is C16H20N2O3S. The lowest BCUT2D eigenvalue weighted by Crippen LogP contribution is -2.30. The average Bonchev–Trinajstić information content (AvgIpc) is 2.95. The number of aliphatic hydroxyl groups is 1. The molecule has 22 heavy (non-hydrogen) atoms. The Labute approximate surface area is 133 Å². The van der Waals surface area contributed by atoms with E-state index in [-0.39, 0.29) is 31.2 Å². The Morgan fingerprint density at radius 1 is 1.18 bits per heavy atom. The number of fused-ring (bicyclic) bond motifs is 1. The van der Waals surface area contributed by atoms with Crippen LogP contribution in [-0.2, 0) is 9.59 Å². The molecule has 0 radical (unpaired) electrons. The predicted octanol–water partition coefficient (Wildman–Crippen LogP) is 1.97. The summed E-state index contributed by atoms with van der Waals surface area (Å²) in [5, 5.41) is 16.5. The zero-order chi connectivity index (χ0) is 15.9. The van der Waals surface area contributed by atoms with Crippen LogP contribution in [0.4, 0.5) is 0 Å². The molecule has 0 saturated heterocycles. The van der Waals surface area contributed by atoms with Crippen molar-refractivity contribution in [3.8, 4) is 0 Å². The second kappa shape index (κ2) is 7.91. The molecule has 0 fully saturated rings. The first-order valence-electron chi connectivity index (χ1n) is 7.30. The van der Waals surface area contributed by atoms with Crippen molar-refractivity contribution in [1.82, 2.24) is 10.6 Å². The number of carbonyl (C=O) groups excluding carboxylic acids is 2. The fourth-order valence-corrected chi connectivity index (χ4v) is 3.13. The summed E-state index contributed by atoms with van der Waals surface area (Å²) < 4.78 is 1.11. The van der Waals surface area contributed by atoms with Gasteiger partial charge in [-0.2, -0.15) is 0 Å². The smallest absolute Gasteiger partial charge is 0.220 e. The molecule has 3 N–H and O–H groups in total. The monoisotopic (exact) mass is 320 g/mol. The van der Waals surface area contributed by atoms with Gasteiger partial charge in [-0.3, -0.25) is 9.59 Å². The van der Waals surface area contributed by atoms with Gasteiger partial charge in [0.05, 0.1) is 0 Å². The van der Waals surface area contributed by atoms with Crippen molar-refractivity contribution < 1.29 is 14.7 Å². The number of rotatable bonds is 7. The molecule has 1 unspecified atom stereocenters. The highest BCUT2D eigenvalue weighted by Gasteiger charge is 2.13. The molecule has 0 bridgehead atoms. The van der Waals surface area contributed by atoms with Gasteiger partial charge in [0.15, 0.2) is 0 Å². The SMILES string of the molecule is CCNC(=O)CCC(=O)NCC(O)c1cc2ccccc2s1. The first kappa shape index (κ1) is 16.5. The molecule has 2 rings (SSSR count). The van der Waals surface area contributed by atoms with E-state index < -0.39 is 6.10 Å². The maximum atomic E-state index is 11.7. The van der Waals surface area contributed by atoms with E-state index >= 15 is 0 Å². The van der Waals surface area contributed by atoms with Crippen molar-refractivity contribution in [2.24, 2.45) is 0 Å². The first-order valence-corrected chi connectivity index (χ1v) is 8.11. The quantitative estimate of drug-likeness (QED) is 0.730. The van der Waals surface area contributed by atoms with Gasteiger partial charge < -0.3 is 15.7 Å². The number of carbonyl (C=O) groups is 2. The Morgan fingerprint density at radius 2 is 1.86 bits per heavy atom. The lowest BCUT2D eigenvalue weighted by molar-refractivity contribution is -0.126. The van der Waals surface area contributed by atoms with Gasteiger partial charge in [-0.1, -0.05) is 18.2 Å². The molecular weight excluding hydrogens is 300 g/mol. The molecule has 0 aliphatic rings. The van der Waals surface area contributed by atoms with Crippen LogP contribution in [0.25, 0.3) is 10.1 Å². The molecule has 0 aliphatic heterocycles. The third-order valence-electron chi connectivity index (χ3n) is 3.22. The summed E-state index contributed by atoms with van der Waals surface area (Å²) in [4.78, 5) is 23.8. The van der Waals surface area contributed by atoms with E-state index in [1.165, 1.54) is 11.3 Å². The molecule has 2 aromatic rings. The number of benzene rings is 1. The van der Waals surface area contributed by atoms with Gasteiger partial charge >= 0.3 is 0 Å². The van der Waals surface area contributed by atoms with Crippen LogP contribution in [0.2, 0.25) is 0 Å². The number of hydrogen-bond donors (Lipinski definition) is 3. The molecule has 0 saturated carbocycles. The zero-order valence-electron chi connectivity index (χ0n) is 12.5. The van der Waals surface area contributed by atoms with Crippen LogP contribution in [0.5, 0.6) is 0 Å². The highest BCUT2D eigenvalue weighted by Crippen LogP contribution is 2.29. The minimum atomic E-state index is -0.731. The summed E-state index contributed by atoms with van der Waals surface area (Å²) in [6.07, 6.45) is -0.435. The minimum absolute atomic E-state index is 0.130. The molecule has 1 aromatic heterocycles. The van der Waals surface area contributed by atoms with Crippen molar-refractivity contribution >= 4 is 33.2 Å². The second-order valence-electron chi connectivity index (χ2n) is 4.96. The van der Waals surface area contributed by atoms with Crippen molar-refractivity contribution in [3.63, 3.8) is 0 Å². The van der Waals surface area contributed by atoms with E-state index in [1.807, 2.05) is 37.3 Å². The third-order valence-corrected chi connectivity index (χ3v) is 4.44. The average molecular weight is 320 g/mol. The molecule has 0 aliphatic carbocycles. The lowest BCUT2D eigenvalue weighted by Gasteiger charge is -2.10. The zero-order valence-corrected chi connectivity index (χ0v) is 13.3. The van der Waals surface area contributed by atoms with E-state index in [9.17, 15) is 14.7 Å². The topological polar surface area (TPSA) is 78.4 Å². The van der Waals surface area contributed by atoms with Crippen LogP contribution >= 0.6 is 11.3 Å². The summed E-state index contributed by atoms with van der Waals surface area (Å²) in [6.45, 7) is 2.55. The molecule has 0 spiro atoms. The van der Waals surface area contributed by atoms with Gasteiger partial charge in [0.25, 0.3) is 0 Å². The highest BCUT2D eigenvalue weighted by atomic mass is 32.1. The second-order valence-corrected chi connectivity index (χ2v) is 6.08. The normalized spacial score (nSPS) is 12.1. The molecule has 1 aromatic carbocycles. The largest absolute Gasteiger partial charge is 0.386 e. The van der Waals surface area contributed by atoms with Crippen LogP contribution < -0.4 is 10.6 Å². The third kappa shape index (κ3) is 4.54. The van der Waals surface area contributed by atoms with Crippen molar-refractivity contribution in [3.05, 3.63) is 35.2 Å². The van der Waals surface area contributed by atoms with E-state index in [1.54, 1.807) is 0 Å². The predicted molar refractivity (Wildman–Crippen MR) is 87.7 cm³/mol. The lowest BCUT2D eigenvalue weighted by atomic mass is 10.2. The minimum Gasteiger partial charge on any atom is -0.386 e. The molecule has 5 nitrogen and oxygen atoms in total. The van der Waals surface area contributed by atoms with Crippen molar-refractivity contribution in [2.45, 2.75) is 25.9 Å². The van der Waals surface area contributed by atoms with Gasteiger partial charge in [-0.05, 0) is 24.4 Å². The maximum Gasteiger partial charge on any atom is 0.220 e. The Hall–Kier alpha value is -1.92. The molecule has 1 heterocycles. The van der Waals surface area contributed by atoms with Gasteiger partial charge in [0.2, 0.25) is 11.8 Å². The van der Waals surface area contributed by atoms with Crippen LogP contribution in [0, 0.1) is 0 Å². The van der Waals surface area contributed by atoms with Crippen molar-refractivity contribution in [2.75, 3.05) is 13.1 Å². The molecule has 6 heteroatoms. The number of nitrogens with one attached hydrogen (secondary N) is 2. The van der Waals surface area contributed by atoms with Crippen LogP contribution in [0.1, 0.15) is 30.7 Å². The van der Waals surface area contributed by atoms with Gasteiger partial charge in [-0.15, -0.1) is 11.3 Å². The van der Waals surface area contributed by atoms with E-state index in [4.69, 9.17) is 0 Å². The Bertz CT molecular complexity index is 621. The van der Waals surface area contributed by atoms with Crippen LogP contribution in [-0.4, -0.2) is 30.0 Å². The van der Waals surface area contributed by atoms with E-state index in [0.717, 1.165) is 15.0 Å². The summed E-state index contributed by atoms with van der Waals surface area (Å²) >= 11 is 1.52. The Morgan fingerprint density at radius 3 is 2.55 bits per heavy atom. The maximum absolute atomic E-state index is 11.7. The fraction of sp³-hybridized carbons (Fsp3) is 0.375. The van der Waals surface area contributed by atoms with Gasteiger partial charge in [0, 0.05) is 35.5 Å². The van der Waals surface area contributed by atoms with Crippen molar-refractivity contribution in [1.29, 1.82) is 0 Å². The van der Waals surface area contributed by atoms with Crippen LogP contribution in [0.15, 0.2) is 30.3 Å². The summed E-state index contributed by atoms with van der Waals surface area (Å²) in [5.41, 5.74) is 0. The number of amides is 2. The number of hydrogen-bond acceptors (Lipinski definition) is 4. The van der Waals surface area contributed by atoms with E-state index in [0.29, 0.717) is 6.54 Å². The summed E-state index contributed by atoms with van der Waals surface area (Å²) in [5.74, 6) is -0.367. The highest BCUT2D eigenvalue weighted by molar-refractivity contribution is 7.19. The molecule has 1 atom stereocenters. The Kier molecular flexibility index (Phi) is 5.91. The van der Waals surface area contributed by atoms with Gasteiger partial charge in [-0.25, -0.2) is 0 Å².